The molecule has 0 spiro atoms. The van der Waals surface area contributed by atoms with Gasteiger partial charge in [0.25, 0.3) is 5.91 Å². The maximum atomic E-state index is 13.0. The first-order chi connectivity index (χ1) is 14.5. The van der Waals surface area contributed by atoms with Gasteiger partial charge in [0, 0.05) is 24.4 Å². The Labute approximate surface area is 179 Å². The fourth-order valence-electron chi connectivity index (χ4n) is 4.61. The smallest absolute Gasteiger partial charge is 0.328 e. The van der Waals surface area contributed by atoms with E-state index in [-0.39, 0.29) is 11.8 Å². The molecule has 6 heteroatoms. The highest BCUT2D eigenvalue weighted by molar-refractivity contribution is 6.38. The van der Waals surface area contributed by atoms with Gasteiger partial charge in [-0.1, -0.05) is 32.3 Å². The molecule has 1 saturated heterocycles. The van der Waals surface area contributed by atoms with Crippen molar-refractivity contribution < 1.29 is 19.1 Å². The highest BCUT2D eigenvalue weighted by Crippen LogP contribution is 2.37. The summed E-state index contributed by atoms with van der Waals surface area (Å²) in [5, 5.41) is 0. The van der Waals surface area contributed by atoms with Crippen LogP contribution < -0.4 is 0 Å². The molecule has 0 bridgehead atoms. The lowest BCUT2D eigenvalue weighted by Crippen LogP contribution is -2.53. The molecule has 1 saturated carbocycles. The molecule has 6 nitrogen and oxygen atoms in total. The van der Waals surface area contributed by atoms with Crippen LogP contribution in [0.2, 0.25) is 0 Å². The second-order valence-corrected chi connectivity index (χ2v) is 8.95. The number of rotatable bonds is 8. The van der Waals surface area contributed by atoms with Gasteiger partial charge in [-0.2, -0.15) is 0 Å². The standard InChI is InChI=1S/C24H34N2O4/c1-24(13-5-2-6-14-24)21(27)22(28)26-16-7-3-12-20(26)23(29)30-17-8-4-10-19-11-9-15-25-18-19/h9,11,15,18,20H,2-8,10,12-14,16-17H2,1H3. The quantitative estimate of drug-likeness (QED) is 0.367. The fraction of sp³-hybridized carbons (Fsp3) is 0.667. The molecule has 1 aromatic rings. The molecule has 2 heterocycles. The third kappa shape index (κ3) is 5.67. The molecule has 1 amide bonds. The van der Waals surface area contributed by atoms with Crippen molar-refractivity contribution in [3.05, 3.63) is 30.1 Å². The average Bonchev–Trinajstić information content (AvgIpc) is 2.79. The molecule has 30 heavy (non-hydrogen) atoms. The first-order valence-electron chi connectivity index (χ1n) is 11.4. The van der Waals surface area contributed by atoms with E-state index in [9.17, 15) is 14.4 Å². The molecule has 0 N–H and O–H groups in total. The number of hydrogen-bond donors (Lipinski definition) is 0. The van der Waals surface area contributed by atoms with Crippen molar-refractivity contribution in [2.24, 2.45) is 5.41 Å². The summed E-state index contributed by atoms with van der Waals surface area (Å²) in [6.45, 7) is 2.70. The number of likely N-dealkylation sites (tertiary alicyclic amines) is 1. The minimum absolute atomic E-state index is 0.321. The van der Waals surface area contributed by atoms with Gasteiger partial charge in [0.05, 0.1) is 6.61 Å². The zero-order valence-corrected chi connectivity index (χ0v) is 18.1. The zero-order valence-electron chi connectivity index (χ0n) is 18.1. The molecule has 1 aliphatic carbocycles. The maximum absolute atomic E-state index is 13.0. The lowest BCUT2D eigenvalue weighted by Gasteiger charge is -2.37. The lowest BCUT2D eigenvalue weighted by atomic mass is 9.72. The third-order valence-electron chi connectivity index (χ3n) is 6.56. The van der Waals surface area contributed by atoms with Gasteiger partial charge in [0.2, 0.25) is 5.78 Å². The predicted molar refractivity (Wildman–Crippen MR) is 114 cm³/mol. The summed E-state index contributed by atoms with van der Waals surface area (Å²) in [6, 6.07) is 3.33. The number of nitrogens with zero attached hydrogens (tertiary/aromatic N) is 2. The molecule has 1 aromatic heterocycles. The van der Waals surface area contributed by atoms with E-state index in [2.05, 4.69) is 4.98 Å². The Hall–Kier alpha value is -2.24. The van der Waals surface area contributed by atoms with Gasteiger partial charge in [0.1, 0.15) is 6.04 Å². The number of hydrogen-bond acceptors (Lipinski definition) is 5. The molecule has 0 aromatic carbocycles. The van der Waals surface area contributed by atoms with Crippen LogP contribution in [-0.4, -0.2) is 46.7 Å². The van der Waals surface area contributed by atoms with Gasteiger partial charge in [0.15, 0.2) is 0 Å². The number of piperidine rings is 1. The van der Waals surface area contributed by atoms with Crippen LogP contribution in [0.15, 0.2) is 24.5 Å². The van der Waals surface area contributed by atoms with E-state index < -0.39 is 17.4 Å². The highest BCUT2D eigenvalue weighted by Gasteiger charge is 2.43. The van der Waals surface area contributed by atoms with Gasteiger partial charge in [-0.3, -0.25) is 14.6 Å². The summed E-state index contributed by atoms with van der Waals surface area (Å²) in [5.41, 5.74) is 0.593. The summed E-state index contributed by atoms with van der Waals surface area (Å²) in [5.74, 6) is -1.18. The van der Waals surface area contributed by atoms with Crippen LogP contribution in [0, 0.1) is 5.41 Å². The number of pyridine rings is 1. The van der Waals surface area contributed by atoms with Crippen molar-refractivity contribution in [3.63, 3.8) is 0 Å². The molecule has 164 valence electrons. The number of aromatic nitrogens is 1. The number of esters is 1. The van der Waals surface area contributed by atoms with E-state index in [1.165, 1.54) is 10.5 Å². The summed E-state index contributed by atoms with van der Waals surface area (Å²) >= 11 is 0. The number of carbonyl (C=O) groups is 3. The lowest BCUT2D eigenvalue weighted by molar-refractivity contribution is -0.161. The van der Waals surface area contributed by atoms with Gasteiger partial charge >= 0.3 is 5.97 Å². The van der Waals surface area contributed by atoms with E-state index >= 15 is 0 Å². The SMILES string of the molecule is CC1(C(=O)C(=O)N2CCCCC2C(=O)OCCCCc2cccnc2)CCCCC1. The van der Waals surface area contributed by atoms with E-state index in [1.807, 2.05) is 25.3 Å². The maximum Gasteiger partial charge on any atom is 0.328 e. The Kier molecular flexibility index (Phi) is 8.00. The van der Waals surface area contributed by atoms with Crippen molar-refractivity contribution in [3.8, 4) is 0 Å². The second kappa shape index (κ2) is 10.7. The number of amides is 1. The van der Waals surface area contributed by atoms with Crippen molar-refractivity contribution in [2.75, 3.05) is 13.2 Å². The van der Waals surface area contributed by atoms with Gasteiger partial charge < -0.3 is 9.64 Å². The Morgan fingerprint density at radius 3 is 2.67 bits per heavy atom. The Morgan fingerprint density at radius 2 is 1.93 bits per heavy atom. The molecule has 3 rings (SSSR count). The van der Waals surface area contributed by atoms with Crippen molar-refractivity contribution in [1.29, 1.82) is 0 Å². The molecular formula is C24H34N2O4. The largest absolute Gasteiger partial charge is 0.464 e. The van der Waals surface area contributed by atoms with Crippen LogP contribution in [0.25, 0.3) is 0 Å². The third-order valence-corrected chi connectivity index (χ3v) is 6.56. The summed E-state index contributed by atoms with van der Waals surface area (Å²) in [4.78, 5) is 44.3. The number of aryl methyl sites for hydroxylation is 1. The Balaban J connectivity index is 1.49. The van der Waals surface area contributed by atoms with E-state index in [0.29, 0.717) is 19.6 Å². The van der Waals surface area contributed by atoms with Gasteiger partial charge in [-0.05, 0) is 63.0 Å². The van der Waals surface area contributed by atoms with Crippen molar-refractivity contribution in [2.45, 2.75) is 83.6 Å². The first-order valence-corrected chi connectivity index (χ1v) is 11.4. The zero-order chi connectivity index (χ0) is 21.4. The number of carbonyl (C=O) groups excluding carboxylic acids is 3. The number of ketones is 1. The molecule has 2 aliphatic rings. The molecular weight excluding hydrogens is 380 g/mol. The van der Waals surface area contributed by atoms with Gasteiger partial charge in [-0.25, -0.2) is 4.79 Å². The van der Waals surface area contributed by atoms with E-state index in [0.717, 1.165) is 64.2 Å². The Morgan fingerprint density at radius 1 is 1.13 bits per heavy atom. The van der Waals surface area contributed by atoms with Crippen molar-refractivity contribution >= 4 is 17.7 Å². The minimum atomic E-state index is -0.624. The highest BCUT2D eigenvalue weighted by atomic mass is 16.5. The van der Waals surface area contributed by atoms with Crippen LogP contribution in [0.3, 0.4) is 0 Å². The monoisotopic (exact) mass is 414 g/mol. The van der Waals surface area contributed by atoms with Gasteiger partial charge in [-0.15, -0.1) is 0 Å². The second-order valence-electron chi connectivity index (χ2n) is 8.95. The minimum Gasteiger partial charge on any atom is -0.464 e. The number of ether oxygens (including phenoxy) is 1. The van der Waals surface area contributed by atoms with Crippen LogP contribution in [0.1, 0.15) is 76.7 Å². The Bertz CT molecular complexity index is 728. The van der Waals surface area contributed by atoms with Crippen LogP contribution in [0.5, 0.6) is 0 Å². The van der Waals surface area contributed by atoms with E-state index in [1.54, 1.807) is 6.20 Å². The molecule has 1 atom stereocenters. The normalized spacial score (nSPS) is 21.1. The van der Waals surface area contributed by atoms with Crippen LogP contribution in [0.4, 0.5) is 0 Å². The average molecular weight is 415 g/mol. The van der Waals surface area contributed by atoms with Crippen molar-refractivity contribution in [1.82, 2.24) is 9.88 Å². The summed E-state index contributed by atoms with van der Waals surface area (Å²) in [7, 11) is 0. The topological polar surface area (TPSA) is 76.6 Å². The van der Waals surface area contributed by atoms with Crippen LogP contribution >= 0.6 is 0 Å². The van der Waals surface area contributed by atoms with E-state index in [4.69, 9.17) is 4.74 Å². The number of unbranched alkanes of at least 4 members (excludes halogenated alkanes) is 1. The first kappa shape index (κ1) is 22.4. The molecule has 1 aliphatic heterocycles. The predicted octanol–water partition coefficient (Wildman–Crippen LogP) is 3.87. The number of Topliss-reactive ketones (excluding diaryl/α,β-unsaturated/α-hetero) is 1. The summed E-state index contributed by atoms with van der Waals surface area (Å²) in [6.07, 6.45) is 13.0. The fourth-order valence-corrected chi connectivity index (χ4v) is 4.61. The van der Waals surface area contributed by atoms with Crippen LogP contribution in [-0.2, 0) is 25.5 Å². The molecule has 1 unspecified atom stereocenters. The molecule has 2 fully saturated rings. The molecule has 0 radical (unpaired) electrons. The summed E-state index contributed by atoms with van der Waals surface area (Å²) < 4.78 is 5.49.